The van der Waals surface area contributed by atoms with Crippen molar-refractivity contribution in [2.45, 2.75) is 0 Å². The lowest BCUT2D eigenvalue weighted by Gasteiger charge is -2.29. The third kappa shape index (κ3) is 4.25. The summed E-state index contributed by atoms with van der Waals surface area (Å²) < 4.78 is 13.6. The molecule has 2 aromatic rings. The largest absolute Gasteiger partial charge is 0.393 e. The molecule has 0 saturated carbocycles. The first-order valence-electron chi connectivity index (χ1n) is 8.04. The Balaban J connectivity index is 1.82. The Labute approximate surface area is 163 Å². The molecule has 0 aliphatic carbocycles. The number of nitro benzene ring substituents is 1. The van der Waals surface area contributed by atoms with E-state index in [1.54, 1.807) is 18.2 Å². The molecule has 2 aromatic carbocycles. The number of thioether (sulfide) groups is 1. The highest BCUT2D eigenvalue weighted by Crippen LogP contribution is 2.32. The zero-order valence-corrected chi connectivity index (χ0v) is 15.6. The molecule has 1 heterocycles. The fourth-order valence-corrected chi connectivity index (χ4v) is 3.99. The van der Waals surface area contributed by atoms with Gasteiger partial charge in [0.15, 0.2) is 0 Å². The van der Waals surface area contributed by atoms with Crippen molar-refractivity contribution in [3.05, 3.63) is 56.8 Å². The van der Waals surface area contributed by atoms with Gasteiger partial charge in [0.25, 0.3) is 11.6 Å². The maximum atomic E-state index is 13.6. The van der Waals surface area contributed by atoms with Crippen molar-refractivity contribution in [1.82, 2.24) is 0 Å². The number of nitrogens with two attached hydrogens (primary N) is 1. The summed E-state index contributed by atoms with van der Waals surface area (Å²) in [6.07, 6.45) is 0. The molecule has 0 aromatic heterocycles. The maximum Gasteiger partial charge on any atom is 0.295 e. The summed E-state index contributed by atoms with van der Waals surface area (Å²) in [6, 6.07) is 6.59. The van der Waals surface area contributed by atoms with Gasteiger partial charge < -0.3 is 16.0 Å². The zero-order valence-electron chi connectivity index (χ0n) is 14.1. The van der Waals surface area contributed by atoms with Crippen LogP contribution in [0.3, 0.4) is 0 Å². The molecule has 0 unspecified atom stereocenters. The normalized spacial score (nSPS) is 14.1. The number of nitrogens with one attached hydrogen (secondary N) is 1. The summed E-state index contributed by atoms with van der Waals surface area (Å²) in [6.45, 7) is 1.78. The molecule has 1 fully saturated rings. The van der Waals surface area contributed by atoms with Crippen LogP contribution in [0.2, 0.25) is 5.02 Å². The number of amides is 1. The van der Waals surface area contributed by atoms with E-state index in [9.17, 15) is 19.3 Å². The monoisotopic (exact) mass is 410 g/mol. The van der Waals surface area contributed by atoms with Crippen LogP contribution < -0.4 is 16.0 Å². The predicted molar refractivity (Wildman–Crippen MR) is 106 cm³/mol. The number of nitrogen functional groups attached to an aromatic ring is 1. The minimum absolute atomic E-state index is 0.310. The van der Waals surface area contributed by atoms with Crippen molar-refractivity contribution in [3.8, 4) is 0 Å². The van der Waals surface area contributed by atoms with Gasteiger partial charge >= 0.3 is 0 Å². The lowest BCUT2D eigenvalue weighted by atomic mass is 10.1. The number of halogens is 2. The lowest BCUT2D eigenvalue weighted by Crippen LogP contribution is -2.32. The number of benzene rings is 2. The van der Waals surface area contributed by atoms with E-state index >= 15 is 0 Å². The van der Waals surface area contributed by atoms with E-state index in [2.05, 4.69) is 10.2 Å². The molecule has 3 rings (SSSR count). The first kappa shape index (κ1) is 19.2. The van der Waals surface area contributed by atoms with Crippen LogP contribution in [0, 0.1) is 15.9 Å². The minimum Gasteiger partial charge on any atom is -0.393 e. The molecule has 3 N–H and O–H groups in total. The second kappa shape index (κ2) is 8.01. The van der Waals surface area contributed by atoms with E-state index in [0.717, 1.165) is 36.3 Å². The van der Waals surface area contributed by atoms with Gasteiger partial charge in [-0.2, -0.15) is 11.8 Å². The second-order valence-electron chi connectivity index (χ2n) is 5.86. The highest BCUT2D eigenvalue weighted by Gasteiger charge is 2.22. The molecule has 27 heavy (non-hydrogen) atoms. The summed E-state index contributed by atoms with van der Waals surface area (Å²) >= 11 is 8.22. The molecule has 0 bridgehead atoms. The number of carbonyl (C=O) groups excluding carboxylic acids is 1. The van der Waals surface area contributed by atoms with Gasteiger partial charge in [0.1, 0.15) is 11.5 Å². The second-order valence-corrected chi connectivity index (χ2v) is 7.49. The van der Waals surface area contributed by atoms with Crippen molar-refractivity contribution < 1.29 is 14.1 Å². The summed E-state index contributed by atoms with van der Waals surface area (Å²) in [5.41, 5.74) is 5.55. The molecule has 0 atom stereocenters. The highest BCUT2D eigenvalue weighted by molar-refractivity contribution is 7.99. The van der Waals surface area contributed by atoms with Crippen molar-refractivity contribution in [2.24, 2.45) is 0 Å². The molecule has 0 radical (unpaired) electrons. The van der Waals surface area contributed by atoms with Crippen LogP contribution in [0.25, 0.3) is 0 Å². The summed E-state index contributed by atoms with van der Waals surface area (Å²) in [4.78, 5) is 24.7. The fraction of sp³-hybridized carbons (Fsp3) is 0.235. The van der Waals surface area contributed by atoms with E-state index in [0.29, 0.717) is 16.8 Å². The van der Waals surface area contributed by atoms with E-state index < -0.39 is 28.0 Å². The van der Waals surface area contributed by atoms with Gasteiger partial charge in [0, 0.05) is 30.3 Å². The van der Waals surface area contributed by atoms with Crippen LogP contribution in [0.4, 0.5) is 27.1 Å². The smallest absolute Gasteiger partial charge is 0.295 e. The molecule has 7 nitrogen and oxygen atoms in total. The highest BCUT2D eigenvalue weighted by atomic mass is 35.5. The molecular weight excluding hydrogens is 395 g/mol. The minimum atomic E-state index is -0.919. The van der Waals surface area contributed by atoms with E-state index in [-0.39, 0.29) is 5.56 Å². The average molecular weight is 411 g/mol. The Morgan fingerprint density at radius 2 is 2.00 bits per heavy atom. The van der Waals surface area contributed by atoms with Gasteiger partial charge in [0.2, 0.25) is 0 Å². The summed E-state index contributed by atoms with van der Waals surface area (Å²) in [5, 5.41) is 14.0. The number of hydrogen-bond acceptors (Lipinski definition) is 6. The van der Waals surface area contributed by atoms with E-state index in [4.69, 9.17) is 17.3 Å². The van der Waals surface area contributed by atoms with Crippen LogP contribution in [-0.4, -0.2) is 35.4 Å². The van der Waals surface area contributed by atoms with Crippen LogP contribution in [0.5, 0.6) is 0 Å². The Bertz CT molecular complexity index is 906. The van der Waals surface area contributed by atoms with Gasteiger partial charge in [-0.3, -0.25) is 14.9 Å². The van der Waals surface area contributed by atoms with Gasteiger partial charge in [-0.15, -0.1) is 0 Å². The quantitative estimate of drug-likeness (QED) is 0.452. The number of carbonyl (C=O) groups is 1. The molecule has 142 valence electrons. The molecule has 1 aliphatic rings. The SMILES string of the molecule is Nc1c(C(=O)Nc2ccc(N3CCSCC3)c(Cl)c2)cc(F)cc1[N+](=O)[O-]. The third-order valence-electron chi connectivity index (χ3n) is 4.12. The van der Waals surface area contributed by atoms with Crippen molar-refractivity contribution in [1.29, 1.82) is 0 Å². The summed E-state index contributed by atoms with van der Waals surface area (Å²) in [7, 11) is 0. The van der Waals surface area contributed by atoms with Crippen molar-refractivity contribution in [3.63, 3.8) is 0 Å². The van der Waals surface area contributed by atoms with Crippen LogP contribution in [0.15, 0.2) is 30.3 Å². The number of hydrogen-bond donors (Lipinski definition) is 2. The van der Waals surface area contributed by atoms with Crippen molar-refractivity contribution in [2.75, 3.05) is 40.5 Å². The Morgan fingerprint density at radius 3 is 2.63 bits per heavy atom. The van der Waals surface area contributed by atoms with Crippen molar-refractivity contribution >= 4 is 52.0 Å². The number of nitrogens with zero attached hydrogens (tertiary/aromatic N) is 2. The standard InChI is InChI=1S/C17H16ClFN4O3S/c18-13-9-11(1-2-14(13)22-3-5-27-6-4-22)21-17(24)12-7-10(19)8-15(16(12)20)23(25)26/h1-2,7-9H,3-6,20H2,(H,21,24). The maximum absolute atomic E-state index is 13.6. The number of nitro groups is 1. The predicted octanol–water partition coefficient (Wildman–Crippen LogP) is 3.78. The molecule has 1 saturated heterocycles. The van der Waals surface area contributed by atoms with Gasteiger partial charge in [-0.25, -0.2) is 4.39 Å². The lowest BCUT2D eigenvalue weighted by molar-refractivity contribution is -0.384. The topological polar surface area (TPSA) is 102 Å². The molecular formula is C17H16ClFN4O3S. The molecule has 1 amide bonds. The van der Waals surface area contributed by atoms with E-state index in [1.807, 2.05) is 11.8 Å². The summed E-state index contributed by atoms with van der Waals surface area (Å²) in [5.74, 6) is 0.365. The first-order valence-corrected chi connectivity index (χ1v) is 9.57. The van der Waals surface area contributed by atoms with Crippen LogP contribution >= 0.6 is 23.4 Å². The van der Waals surface area contributed by atoms with Crippen LogP contribution in [-0.2, 0) is 0 Å². The fourth-order valence-electron chi connectivity index (χ4n) is 2.79. The van der Waals surface area contributed by atoms with E-state index in [1.165, 1.54) is 0 Å². The third-order valence-corrected chi connectivity index (χ3v) is 5.37. The van der Waals surface area contributed by atoms with Gasteiger partial charge in [-0.05, 0) is 24.3 Å². The van der Waals surface area contributed by atoms with Crippen LogP contribution in [0.1, 0.15) is 10.4 Å². The Kier molecular flexibility index (Phi) is 5.71. The Morgan fingerprint density at radius 1 is 1.30 bits per heavy atom. The number of anilines is 3. The van der Waals surface area contributed by atoms with Gasteiger partial charge in [-0.1, -0.05) is 11.6 Å². The molecule has 0 spiro atoms. The van der Waals surface area contributed by atoms with Gasteiger partial charge in [0.05, 0.1) is 27.3 Å². The first-order chi connectivity index (χ1) is 12.9. The number of rotatable bonds is 4. The average Bonchev–Trinajstić information content (AvgIpc) is 2.64. The molecule has 1 aliphatic heterocycles. The molecule has 10 heteroatoms. The Hall–Kier alpha value is -2.52. The zero-order chi connectivity index (χ0) is 19.6.